The van der Waals surface area contributed by atoms with Crippen molar-refractivity contribution in [2.24, 2.45) is 0 Å². The predicted molar refractivity (Wildman–Crippen MR) is 89.9 cm³/mol. The SMILES string of the molecule is COc1cc(C2C(O)N(C)C(=O)[C@]23CCCN3)c(Br)cc1Br. The Hall–Kier alpha value is -0.630. The van der Waals surface area contributed by atoms with Gasteiger partial charge >= 0.3 is 0 Å². The summed E-state index contributed by atoms with van der Waals surface area (Å²) in [6, 6.07) is 3.78. The Balaban J connectivity index is 2.15. The third-order valence-corrected chi connectivity index (χ3v) is 6.03. The number of aliphatic hydroxyl groups excluding tert-OH is 1. The molecule has 1 spiro atoms. The van der Waals surface area contributed by atoms with Gasteiger partial charge < -0.3 is 20.1 Å². The Labute approximate surface area is 146 Å². The average Bonchev–Trinajstić information content (AvgIpc) is 3.03. The second-order valence-electron chi connectivity index (χ2n) is 5.82. The second-order valence-corrected chi connectivity index (χ2v) is 7.53. The fraction of sp³-hybridized carbons (Fsp3) is 0.533. The summed E-state index contributed by atoms with van der Waals surface area (Å²) in [4.78, 5) is 14.1. The monoisotopic (exact) mass is 432 g/mol. The fourth-order valence-electron chi connectivity index (χ4n) is 3.63. The van der Waals surface area contributed by atoms with Crippen LogP contribution in [0.25, 0.3) is 0 Å². The minimum absolute atomic E-state index is 0.0451. The van der Waals surface area contributed by atoms with Crippen LogP contribution >= 0.6 is 31.9 Å². The van der Waals surface area contributed by atoms with E-state index in [-0.39, 0.29) is 11.8 Å². The van der Waals surface area contributed by atoms with Gasteiger partial charge in [0.25, 0.3) is 0 Å². The Morgan fingerprint density at radius 3 is 2.73 bits per heavy atom. The van der Waals surface area contributed by atoms with E-state index in [0.717, 1.165) is 33.9 Å². The minimum Gasteiger partial charge on any atom is -0.496 e. The standard InChI is InChI=1S/C15H18Br2N2O3/c1-19-13(20)12(15(14(19)21)4-3-5-18-15)8-6-11(22-2)10(17)7-9(8)16/h6-7,12-13,18,20H,3-5H2,1-2H3/t12?,13?,15-/m0/s1. The van der Waals surface area contributed by atoms with E-state index in [1.807, 2.05) is 12.1 Å². The molecule has 5 nitrogen and oxygen atoms in total. The van der Waals surface area contributed by atoms with Gasteiger partial charge in [0.15, 0.2) is 0 Å². The van der Waals surface area contributed by atoms with Crippen molar-refractivity contribution in [1.82, 2.24) is 10.2 Å². The van der Waals surface area contributed by atoms with Crippen LogP contribution in [0, 0.1) is 0 Å². The zero-order valence-electron chi connectivity index (χ0n) is 12.4. The molecule has 0 radical (unpaired) electrons. The lowest BCUT2D eigenvalue weighted by Gasteiger charge is -2.30. The van der Waals surface area contributed by atoms with E-state index in [1.54, 1.807) is 14.2 Å². The van der Waals surface area contributed by atoms with Gasteiger partial charge in [0.05, 0.1) is 17.5 Å². The summed E-state index contributed by atoms with van der Waals surface area (Å²) in [7, 11) is 3.25. The van der Waals surface area contributed by atoms with Crippen LogP contribution in [0.4, 0.5) is 0 Å². The lowest BCUT2D eigenvalue weighted by Crippen LogP contribution is -2.50. The molecule has 0 aromatic heterocycles. The zero-order valence-corrected chi connectivity index (χ0v) is 15.6. The fourth-order valence-corrected chi connectivity index (χ4v) is 5.03. The molecule has 1 aromatic carbocycles. The van der Waals surface area contributed by atoms with Gasteiger partial charge in [0, 0.05) is 11.5 Å². The normalized spacial score (nSPS) is 31.3. The third kappa shape index (κ3) is 2.21. The summed E-state index contributed by atoms with van der Waals surface area (Å²) >= 11 is 7.02. The number of nitrogens with one attached hydrogen (secondary N) is 1. The van der Waals surface area contributed by atoms with Crippen molar-refractivity contribution < 1.29 is 14.6 Å². The van der Waals surface area contributed by atoms with E-state index in [2.05, 4.69) is 37.2 Å². The van der Waals surface area contributed by atoms with Crippen LogP contribution in [0.5, 0.6) is 5.75 Å². The molecular formula is C15H18Br2N2O3. The van der Waals surface area contributed by atoms with Crippen LogP contribution in [-0.4, -0.2) is 48.4 Å². The van der Waals surface area contributed by atoms with E-state index >= 15 is 0 Å². The smallest absolute Gasteiger partial charge is 0.245 e. The summed E-state index contributed by atoms with van der Waals surface area (Å²) in [5, 5.41) is 14.0. The number of methoxy groups -OCH3 is 1. The summed E-state index contributed by atoms with van der Waals surface area (Å²) in [5.74, 6) is 0.292. The summed E-state index contributed by atoms with van der Waals surface area (Å²) in [6.45, 7) is 0.786. The Morgan fingerprint density at radius 1 is 1.41 bits per heavy atom. The number of halogens is 2. The molecule has 2 aliphatic heterocycles. The highest BCUT2D eigenvalue weighted by molar-refractivity contribution is 9.11. The van der Waals surface area contributed by atoms with E-state index in [1.165, 1.54) is 4.90 Å². The van der Waals surface area contributed by atoms with Gasteiger partial charge in [-0.2, -0.15) is 0 Å². The molecule has 120 valence electrons. The van der Waals surface area contributed by atoms with Crippen LogP contribution in [0.1, 0.15) is 24.3 Å². The first-order valence-corrected chi connectivity index (χ1v) is 8.74. The Morgan fingerprint density at radius 2 is 2.14 bits per heavy atom. The molecule has 1 aromatic rings. The molecule has 0 saturated carbocycles. The molecule has 7 heteroatoms. The molecule has 3 atom stereocenters. The number of aliphatic hydroxyl groups is 1. The molecule has 22 heavy (non-hydrogen) atoms. The molecule has 3 rings (SSSR count). The number of carbonyl (C=O) groups excluding carboxylic acids is 1. The van der Waals surface area contributed by atoms with E-state index in [0.29, 0.717) is 5.75 Å². The molecule has 0 aliphatic carbocycles. The van der Waals surface area contributed by atoms with Gasteiger partial charge in [0.1, 0.15) is 17.5 Å². The molecule has 2 saturated heterocycles. The first-order valence-electron chi connectivity index (χ1n) is 7.15. The van der Waals surface area contributed by atoms with Gasteiger partial charge in [-0.3, -0.25) is 4.79 Å². The van der Waals surface area contributed by atoms with Gasteiger partial charge in [-0.1, -0.05) is 15.9 Å². The summed E-state index contributed by atoms with van der Waals surface area (Å²) < 4.78 is 7.04. The van der Waals surface area contributed by atoms with E-state index < -0.39 is 11.8 Å². The number of likely N-dealkylation sites (tertiary alicyclic amines) is 1. The van der Waals surface area contributed by atoms with Crippen molar-refractivity contribution in [1.29, 1.82) is 0 Å². The van der Waals surface area contributed by atoms with Gasteiger partial charge in [0.2, 0.25) is 5.91 Å². The molecule has 0 bridgehead atoms. The number of amides is 1. The average molecular weight is 434 g/mol. The second kappa shape index (κ2) is 5.78. The molecule has 1 amide bonds. The van der Waals surface area contributed by atoms with Crippen LogP contribution in [0.15, 0.2) is 21.1 Å². The van der Waals surface area contributed by atoms with Crippen LogP contribution in [0.3, 0.4) is 0 Å². The highest BCUT2D eigenvalue weighted by Gasteiger charge is 2.59. The molecule has 2 unspecified atom stereocenters. The number of carbonyl (C=O) groups is 1. The maximum Gasteiger partial charge on any atom is 0.245 e. The lowest BCUT2D eigenvalue weighted by atomic mass is 9.79. The zero-order chi connectivity index (χ0) is 16.1. The summed E-state index contributed by atoms with van der Waals surface area (Å²) in [6.07, 6.45) is 0.789. The maximum atomic E-state index is 12.7. The molecule has 2 N–H and O–H groups in total. The number of hydrogen-bond donors (Lipinski definition) is 2. The number of hydrogen-bond acceptors (Lipinski definition) is 4. The van der Waals surface area contributed by atoms with Gasteiger partial charge in [-0.05, 0) is 53.0 Å². The van der Waals surface area contributed by atoms with Gasteiger partial charge in [-0.25, -0.2) is 0 Å². The Bertz CT molecular complexity index is 617. The first-order chi connectivity index (χ1) is 10.4. The van der Waals surface area contributed by atoms with Gasteiger partial charge in [-0.15, -0.1) is 0 Å². The Kier molecular flexibility index (Phi) is 4.26. The largest absolute Gasteiger partial charge is 0.496 e. The van der Waals surface area contributed by atoms with Crippen molar-refractivity contribution in [2.45, 2.75) is 30.5 Å². The number of benzene rings is 1. The van der Waals surface area contributed by atoms with E-state index in [9.17, 15) is 9.90 Å². The lowest BCUT2D eigenvalue weighted by molar-refractivity contribution is -0.135. The number of nitrogens with zero attached hydrogens (tertiary/aromatic N) is 1. The molecular weight excluding hydrogens is 416 g/mol. The topological polar surface area (TPSA) is 61.8 Å². The van der Waals surface area contributed by atoms with Crippen molar-refractivity contribution in [3.05, 3.63) is 26.6 Å². The first kappa shape index (κ1) is 16.2. The van der Waals surface area contributed by atoms with Crippen LogP contribution < -0.4 is 10.1 Å². The molecule has 2 aliphatic rings. The summed E-state index contributed by atoms with van der Waals surface area (Å²) in [5.41, 5.74) is 0.148. The number of likely N-dealkylation sites (N-methyl/N-ethyl adjacent to an activating group) is 1. The maximum absolute atomic E-state index is 12.7. The predicted octanol–water partition coefficient (Wildman–Crippen LogP) is 2.22. The highest BCUT2D eigenvalue weighted by atomic mass is 79.9. The highest BCUT2D eigenvalue weighted by Crippen LogP contribution is 2.48. The number of rotatable bonds is 2. The van der Waals surface area contributed by atoms with Crippen LogP contribution in [0.2, 0.25) is 0 Å². The van der Waals surface area contributed by atoms with Crippen LogP contribution in [-0.2, 0) is 4.79 Å². The van der Waals surface area contributed by atoms with Crippen molar-refractivity contribution in [3.8, 4) is 5.75 Å². The molecule has 2 fully saturated rings. The van der Waals surface area contributed by atoms with E-state index in [4.69, 9.17) is 4.74 Å². The molecule has 2 heterocycles. The quantitative estimate of drug-likeness (QED) is 0.750. The number of ether oxygens (including phenoxy) is 1. The van der Waals surface area contributed by atoms with Crippen molar-refractivity contribution in [2.75, 3.05) is 20.7 Å². The third-order valence-electron chi connectivity index (χ3n) is 4.72. The van der Waals surface area contributed by atoms with Crippen molar-refractivity contribution >= 4 is 37.8 Å². The minimum atomic E-state index is -0.861. The van der Waals surface area contributed by atoms with Crippen molar-refractivity contribution in [3.63, 3.8) is 0 Å².